The number of hydrogen-bond acceptors (Lipinski definition) is 5. The van der Waals surface area contributed by atoms with Gasteiger partial charge in [-0.25, -0.2) is 9.37 Å². The number of anilines is 1. The Kier molecular flexibility index (Phi) is 7.18. The van der Waals surface area contributed by atoms with Crippen LogP contribution in [0.5, 0.6) is 0 Å². The van der Waals surface area contributed by atoms with Crippen LogP contribution in [0.1, 0.15) is 5.56 Å². The highest BCUT2D eigenvalue weighted by Crippen LogP contribution is 2.34. The third-order valence-corrected chi connectivity index (χ3v) is 5.07. The summed E-state index contributed by atoms with van der Waals surface area (Å²) in [6, 6.07) is 10.2. The van der Waals surface area contributed by atoms with E-state index in [0.717, 1.165) is 28.8 Å². The quantitative estimate of drug-likeness (QED) is 0.403. The van der Waals surface area contributed by atoms with E-state index in [2.05, 4.69) is 10.3 Å². The Labute approximate surface area is 184 Å². The van der Waals surface area contributed by atoms with Crippen molar-refractivity contribution in [2.24, 2.45) is 0 Å². The number of halogens is 4. The van der Waals surface area contributed by atoms with Gasteiger partial charge >= 0.3 is 6.18 Å². The lowest BCUT2D eigenvalue weighted by molar-refractivity contribution is -0.137. The maximum Gasteiger partial charge on any atom is 0.418 e. The molecule has 0 fully saturated rings. The zero-order valence-electron chi connectivity index (χ0n) is 16.6. The highest BCUT2D eigenvalue weighted by Gasteiger charge is 2.33. The molecule has 1 heterocycles. The number of likely N-dealkylation sites (N-methyl/N-ethyl adjacent to an activating group) is 1. The minimum atomic E-state index is -4.62. The van der Waals surface area contributed by atoms with Crippen LogP contribution < -0.4 is 5.32 Å². The summed E-state index contributed by atoms with van der Waals surface area (Å²) in [6.07, 6.45) is -3.18. The number of aromatic nitrogens is 1. The van der Waals surface area contributed by atoms with Crippen LogP contribution in [0, 0.1) is 5.82 Å². The molecular formula is C21H17F4N3O3S. The molecule has 32 heavy (non-hydrogen) atoms. The number of alkyl halides is 3. The summed E-state index contributed by atoms with van der Waals surface area (Å²) in [5.41, 5.74) is -0.739. The van der Waals surface area contributed by atoms with Gasteiger partial charge in [0, 0.05) is 12.6 Å². The molecule has 0 spiro atoms. The van der Waals surface area contributed by atoms with Gasteiger partial charge < -0.3 is 14.6 Å². The molecule has 3 aromatic rings. The molecule has 0 atom stereocenters. The van der Waals surface area contributed by atoms with Crippen LogP contribution in [0.4, 0.5) is 23.2 Å². The molecule has 0 unspecified atom stereocenters. The number of hydrogen-bond donors (Lipinski definition) is 1. The molecular weight excluding hydrogens is 450 g/mol. The highest BCUT2D eigenvalue weighted by atomic mass is 32.2. The number of thioether (sulfide) groups is 1. The number of carbonyl (C=O) groups excluding carboxylic acids is 2. The number of benzene rings is 2. The number of oxazole rings is 1. The van der Waals surface area contributed by atoms with Crippen LogP contribution in [0.15, 0.2) is 64.4 Å². The first-order chi connectivity index (χ1) is 15.1. The van der Waals surface area contributed by atoms with Crippen LogP contribution >= 0.6 is 11.8 Å². The number of rotatable bonds is 7. The summed E-state index contributed by atoms with van der Waals surface area (Å²) in [5.74, 6) is -1.31. The summed E-state index contributed by atoms with van der Waals surface area (Å²) in [6.45, 7) is -0.433. The van der Waals surface area contributed by atoms with Gasteiger partial charge in [0.05, 0.1) is 29.7 Å². The number of carbonyl (C=O) groups is 2. The van der Waals surface area contributed by atoms with Crippen molar-refractivity contribution in [3.8, 4) is 11.3 Å². The van der Waals surface area contributed by atoms with Gasteiger partial charge in [-0.15, -0.1) is 0 Å². The van der Waals surface area contributed by atoms with Gasteiger partial charge in [0.15, 0.2) is 5.76 Å². The van der Waals surface area contributed by atoms with Gasteiger partial charge in [0.2, 0.25) is 11.8 Å². The largest absolute Gasteiger partial charge is 0.431 e. The van der Waals surface area contributed by atoms with Gasteiger partial charge in [0.25, 0.3) is 5.22 Å². The number of para-hydroxylation sites is 1. The fourth-order valence-corrected chi connectivity index (χ4v) is 3.38. The first-order valence-corrected chi connectivity index (χ1v) is 10.2. The smallest absolute Gasteiger partial charge is 0.418 e. The molecule has 2 aromatic carbocycles. The standard InChI is InChI=1S/C21H17F4N3O3S/c1-28(11-18(29)27-16-5-3-2-4-15(16)21(23,24)25)19(30)12-32-20-26-10-17(31-20)13-6-8-14(22)9-7-13/h2-10H,11-12H2,1H3,(H,27,29). The summed E-state index contributed by atoms with van der Waals surface area (Å²) in [5, 5.41) is 2.39. The summed E-state index contributed by atoms with van der Waals surface area (Å²) >= 11 is 0.989. The van der Waals surface area contributed by atoms with Crippen molar-refractivity contribution < 1.29 is 31.6 Å². The second-order valence-corrected chi connectivity index (χ2v) is 7.55. The lowest BCUT2D eigenvalue weighted by atomic mass is 10.1. The van der Waals surface area contributed by atoms with Crippen LogP contribution in [-0.2, 0) is 15.8 Å². The molecule has 3 rings (SSSR count). The molecule has 0 radical (unpaired) electrons. The van der Waals surface area contributed by atoms with Crippen molar-refractivity contribution in [3.05, 3.63) is 66.1 Å². The van der Waals surface area contributed by atoms with E-state index in [1.54, 1.807) is 0 Å². The molecule has 168 valence electrons. The third kappa shape index (κ3) is 6.10. The minimum absolute atomic E-state index is 0.105. The number of nitrogens with zero attached hydrogens (tertiary/aromatic N) is 2. The van der Waals surface area contributed by atoms with Crippen molar-refractivity contribution in [1.29, 1.82) is 0 Å². The lowest BCUT2D eigenvalue weighted by Crippen LogP contribution is -2.36. The van der Waals surface area contributed by atoms with E-state index in [1.807, 2.05) is 0 Å². The van der Waals surface area contributed by atoms with Gasteiger partial charge in [0.1, 0.15) is 5.82 Å². The minimum Gasteiger partial charge on any atom is -0.431 e. The Morgan fingerprint density at radius 1 is 1.12 bits per heavy atom. The molecule has 1 aromatic heterocycles. The fourth-order valence-electron chi connectivity index (χ4n) is 2.64. The second kappa shape index (κ2) is 9.86. The summed E-state index contributed by atoms with van der Waals surface area (Å²) in [4.78, 5) is 29.5. The summed E-state index contributed by atoms with van der Waals surface area (Å²) < 4.78 is 57.6. The molecule has 2 amide bonds. The topological polar surface area (TPSA) is 75.4 Å². The fraction of sp³-hybridized carbons (Fsp3) is 0.190. The number of amides is 2. The van der Waals surface area contributed by atoms with Crippen molar-refractivity contribution in [2.45, 2.75) is 11.4 Å². The lowest BCUT2D eigenvalue weighted by Gasteiger charge is -2.18. The maximum atomic E-state index is 13.0. The molecule has 0 bridgehead atoms. The third-order valence-electron chi connectivity index (χ3n) is 4.25. The average Bonchev–Trinajstić information content (AvgIpc) is 3.21. The van der Waals surface area contributed by atoms with E-state index in [-0.39, 0.29) is 22.5 Å². The van der Waals surface area contributed by atoms with Crippen LogP contribution in [0.3, 0.4) is 0 Å². The van der Waals surface area contributed by atoms with Gasteiger partial charge in [-0.3, -0.25) is 9.59 Å². The Balaban J connectivity index is 1.52. The van der Waals surface area contributed by atoms with Crippen molar-refractivity contribution in [1.82, 2.24) is 9.88 Å². The van der Waals surface area contributed by atoms with Crippen molar-refractivity contribution in [2.75, 3.05) is 24.7 Å². The predicted octanol–water partition coefficient (Wildman–Crippen LogP) is 4.69. The van der Waals surface area contributed by atoms with Crippen LogP contribution in [-0.4, -0.2) is 41.0 Å². The first kappa shape index (κ1) is 23.3. The Bertz CT molecular complexity index is 1100. The molecule has 6 nitrogen and oxygen atoms in total. The van der Waals surface area contributed by atoms with E-state index in [0.29, 0.717) is 11.3 Å². The molecule has 0 saturated heterocycles. The van der Waals surface area contributed by atoms with E-state index in [1.165, 1.54) is 49.6 Å². The van der Waals surface area contributed by atoms with E-state index in [9.17, 15) is 27.2 Å². The predicted molar refractivity (Wildman–Crippen MR) is 110 cm³/mol. The van der Waals surface area contributed by atoms with Crippen LogP contribution in [0.25, 0.3) is 11.3 Å². The monoisotopic (exact) mass is 467 g/mol. The highest BCUT2D eigenvalue weighted by molar-refractivity contribution is 7.99. The Hall–Kier alpha value is -3.34. The van der Waals surface area contributed by atoms with Crippen molar-refractivity contribution in [3.63, 3.8) is 0 Å². The number of nitrogens with one attached hydrogen (secondary N) is 1. The second-order valence-electron chi connectivity index (χ2n) is 6.63. The van der Waals surface area contributed by atoms with Crippen LogP contribution in [0.2, 0.25) is 0 Å². The van der Waals surface area contributed by atoms with E-state index < -0.39 is 30.1 Å². The Morgan fingerprint density at radius 2 is 1.81 bits per heavy atom. The molecule has 0 aliphatic carbocycles. The molecule has 0 aliphatic heterocycles. The normalized spacial score (nSPS) is 11.3. The van der Waals surface area contributed by atoms with E-state index in [4.69, 9.17) is 4.42 Å². The van der Waals surface area contributed by atoms with Gasteiger partial charge in [-0.1, -0.05) is 23.9 Å². The summed E-state index contributed by atoms with van der Waals surface area (Å²) in [7, 11) is 1.36. The average molecular weight is 467 g/mol. The van der Waals surface area contributed by atoms with E-state index >= 15 is 0 Å². The van der Waals surface area contributed by atoms with Gasteiger partial charge in [-0.2, -0.15) is 13.2 Å². The molecule has 0 aliphatic rings. The SMILES string of the molecule is CN(CC(=O)Nc1ccccc1C(F)(F)F)C(=O)CSc1ncc(-c2ccc(F)cc2)o1. The van der Waals surface area contributed by atoms with Gasteiger partial charge in [-0.05, 0) is 36.4 Å². The zero-order valence-corrected chi connectivity index (χ0v) is 17.5. The zero-order chi connectivity index (χ0) is 23.3. The molecule has 11 heteroatoms. The van der Waals surface area contributed by atoms with Crippen molar-refractivity contribution >= 4 is 29.3 Å². The molecule has 1 N–H and O–H groups in total. The first-order valence-electron chi connectivity index (χ1n) is 9.18. The maximum absolute atomic E-state index is 13.0. The Morgan fingerprint density at radius 3 is 2.50 bits per heavy atom. The molecule has 0 saturated carbocycles.